The Morgan fingerprint density at radius 2 is 2.21 bits per heavy atom. The first kappa shape index (κ1) is 13.7. The number of fused-ring (bicyclic) bond motifs is 1. The van der Waals surface area contributed by atoms with E-state index >= 15 is 0 Å². The summed E-state index contributed by atoms with van der Waals surface area (Å²) >= 11 is 1.47. The van der Waals surface area contributed by atoms with E-state index in [0.29, 0.717) is 6.54 Å². The minimum Gasteiger partial charge on any atom is -0.350 e. The Hall–Kier alpha value is -1.68. The molecule has 1 heterocycles. The zero-order valence-electron chi connectivity index (χ0n) is 11.3. The lowest BCUT2D eigenvalue weighted by Crippen LogP contribution is -2.29. The van der Waals surface area contributed by atoms with Crippen molar-refractivity contribution in [3.05, 3.63) is 42.1 Å². The number of hydrogen-bond acceptors (Lipinski definition) is 3. The lowest BCUT2D eigenvalue weighted by Gasteiger charge is -2.11. The highest BCUT2D eigenvalue weighted by Gasteiger charge is 2.13. The molecule has 1 amide bonds. The maximum atomic E-state index is 11.9. The van der Waals surface area contributed by atoms with Crippen molar-refractivity contribution < 1.29 is 4.79 Å². The van der Waals surface area contributed by atoms with E-state index in [1.54, 1.807) is 0 Å². The first-order valence-electron chi connectivity index (χ1n) is 6.33. The van der Waals surface area contributed by atoms with Crippen LogP contribution in [0, 0.1) is 5.92 Å². The SMILES string of the molecule is C=C(C)CC(C)C(=O)NCc1nsc2ccccc12. The third-order valence-electron chi connectivity index (χ3n) is 2.98. The molecule has 1 aromatic carbocycles. The van der Waals surface area contributed by atoms with Gasteiger partial charge in [-0.15, -0.1) is 6.58 Å². The molecule has 1 N–H and O–H groups in total. The highest BCUT2D eigenvalue weighted by Crippen LogP contribution is 2.22. The van der Waals surface area contributed by atoms with Gasteiger partial charge in [-0.1, -0.05) is 30.7 Å². The number of hydrogen-bond donors (Lipinski definition) is 1. The van der Waals surface area contributed by atoms with Crippen molar-refractivity contribution in [1.29, 1.82) is 0 Å². The normalized spacial score (nSPS) is 12.3. The van der Waals surface area contributed by atoms with Crippen molar-refractivity contribution in [2.45, 2.75) is 26.8 Å². The zero-order valence-corrected chi connectivity index (χ0v) is 12.1. The van der Waals surface area contributed by atoms with Gasteiger partial charge in [-0.05, 0) is 30.9 Å². The average molecular weight is 274 g/mol. The number of benzene rings is 1. The standard InChI is InChI=1S/C15H18N2OS/c1-10(2)8-11(3)15(18)16-9-13-12-6-4-5-7-14(12)19-17-13/h4-7,11H,1,8-9H2,2-3H3,(H,16,18). The van der Waals surface area contributed by atoms with Crippen LogP contribution < -0.4 is 5.32 Å². The molecule has 19 heavy (non-hydrogen) atoms. The molecule has 0 saturated carbocycles. The van der Waals surface area contributed by atoms with Crippen LogP contribution in [0.5, 0.6) is 0 Å². The van der Waals surface area contributed by atoms with E-state index in [4.69, 9.17) is 0 Å². The van der Waals surface area contributed by atoms with Crippen molar-refractivity contribution in [3.8, 4) is 0 Å². The van der Waals surface area contributed by atoms with Crippen LogP contribution in [0.15, 0.2) is 36.4 Å². The molecule has 0 fully saturated rings. The maximum Gasteiger partial charge on any atom is 0.223 e. The van der Waals surface area contributed by atoms with Gasteiger partial charge in [0.25, 0.3) is 0 Å². The number of allylic oxidation sites excluding steroid dienone is 1. The van der Waals surface area contributed by atoms with Crippen LogP contribution in [0.2, 0.25) is 0 Å². The van der Waals surface area contributed by atoms with Crippen molar-refractivity contribution >= 4 is 27.5 Å². The van der Waals surface area contributed by atoms with Crippen molar-refractivity contribution in [2.75, 3.05) is 0 Å². The smallest absolute Gasteiger partial charge is 0.223 e. The fourth-order valence-electron chi connectivity index (χ4n) is 2.03. The maximum absolute atomic E-state index is 11.9. The molecule has 0 bridgehead atoms. The number of rotatable bonds is 5. The molecule has 0 aliphatic heterocycles. The van der Waals surface area contributed by atoms with Crippen molar-refractivity contribution in [2.24, 2.45) is 5.92 Å². The van der Waals surface area contributed by atoms with Gasteiger partial charge in [-0.3, -0.25) is 4.79 Å². The molecular formula is C15H18N2OS. The Balaban J connectivity index is 1.99. The highest BCUT2D eigenvalue weighted by molar-refractivity contribution is 7.13. The van der Waals surface area contributed by atoms with Crippen LogP contribution in [0.4, 0.5) is 0 Å². The van der Waals surface area contributed by atoms with Crippen LogP contribution in [-0.2, 0) is 11.3 Å². The summed E-state index contributed by atoms with van der Waals surface area (Å²) in [7, 11) is 0. The molecule has 0 saturated heterocycles. The minimum absolute atomic E-state index is 0.0394. The fraction of sp³-hybridized carbons (Fsp3) is 0.333. The topological polar surface area (TPSA) is 42.0 Å². The van der Waals surface area contributed by atoms with Gasteiger partial charge >= 0.3 is 0 Å². The second-order valence-corrected chi connectivity index (χ2v) is 5.71. The summed E-state index contributed by atoms with van der Waals surface area (Å²) in [4.78, 5) is 11.9. The summed E-state index contributed by atoms with van der Waals surface area (Å²) in [5, 5.41) is 4.07. The van der Waals surface area contributed by atoms with Gasteiger partial charge in [0.1, 0.15) is 0 Å². The Kier molecular flexibility index (Phi) is 4.32. The van der Waals surface area contributed by atoms with Gasteiger partial charge in [0.15, 0.2) is 0 Å². The van der Waals surface area contributed by atoms with Gasteiger partial charge in [0, 0.05) is 11.3 Å². The summed E-state index contributed by atoms with van der Waals surface area (Å²) in [6.07, 6.45) is 0.726. The molecule has 0 aliphatic carbocycles. The quantitative estimate of drug-likeness (QED) is 0.848. The molecule has 1 unspecified atom stereocenters. The molecule has 2 aromatic rings. The monoisotopic (exact) mass is 274 g/mol. The van der Waals surface area contributed by atoms with Crippen molar-refractivity contribution in [1.82, 2.24) is 9.69 Å². The molecule has 2 rings (SSSR count). The lowest BCUT2D eigenvalue weighted by atomic mass is 10.0. The summed E-state index contributed by atoms with van der Waals surface area (Å²) < 4.78 is 5.55. The largest absolute Gasteiger partial charge is 0.350 e. The van der Waals surface area contributed by atoms with Crippen LogP contribution in [-0.4, -0.2) is 10.3 Å². The predicted molar refractivity (Wildman–Crippen MR) is 80.1 cm³/mol. The van der Waals surface area contributed by atoms with Gasteiger partial charge < -0.3 is 5.32 Å². The molecule has 100 valence electrons. The predicted octanol–water partition coefficient (Wildman–Crippen LogP) is 3.51. The Bertz CT molecular complexity index is 603. The number of aromatic nitrogens is 1. The van der Waals surface area contributed by atoms with Crippen LogP contribution in [0.25, 0.3) is 10.1 Å². The van der Waals surface area contributed by atoms with E-state index in [0.717, 1.165) is 27.8 Å². The third-order valence-corrected chi connectivity index (χ3v) is 3.85. The van der Waals surface area contributed by atoms with Crippen molar-refractivity contribution in [3.63, 3.8) is 0 Å². The summed E-state index contributed by atoms with van der Waals surface area (Å²) in [5.41, 5.74) is 1.97. The number of nitrogens with zero attached hydrogens (tertiary/aromatic N) is 1. The molecule has 0 aliphatic rings. The van der Waals surface area contributed by atoms with Crippen LogP contribution in [0.3, 0.4) is 0 Å². The first-order valence-corrected chi connectivity index (χ1v) is 7.10. The van der Waals surface area contributed by atoms with Gasteiger partial charge in [-0.2, -0.15) is 4.37 Å². The average Bonchev–Trinajstić information content (AvgIpc) is 2.78. The molecule has 0 radical (unpaired) electrons. The van der Waals surface area contributed by atoms with Gasteiger partial charge in [0.05, 0.1) is 16.9 Å². The number of amides is 1. The highest BCUT2D eigenvalue weighted by atomic mass is 32.1. The fourth-order valence-corrected chi connectivity index (χ4v) is 2.82. The van der Waals surface area contributed by atoms with Gasteiger partial charge in [0.2, 0.25) is 5.91 Å². The van der Waals surface area contributed by atoms with Crippen LogP contribution in [0.1, 0.15) is 26.0 Å². The van der Waals surface area contributed by atoms with E-state index in [-0.39, 0.29) is 11.8 Å². The van der Waals surface area contributed by atoms with E-state index in [9.17, 15) is 4.79 Å². The molecular weight excluding hydrogens is 256 g/mol. The van der Waals surface area contributed by atoms with Gasteiger partial charge in [-0.25, -0.2) is 0 Å². The number of carbonyl (C=O) groups excluding carboxylic acids is 1. The van der Waals surface area contributed by atoms with E-state index in [2.05, 4.69) is 16.3 Å². The first-order chi connectivity index (χ1) is 9.08. The third kappa shape index (κ3) is 3.41. The zero-order chi connectivity index (χ0) is 13.8. The van der Waals surface area contributed by atoms with E-state index in [1.165, 1.54) is 11.5 Å². The summed E-state index contributed by atoms with van der Waals surface area (Å²) in [6.45, 7) is 8.19. The lowest BCUT2D eigenvalue weighted by molar-refractivity contribution is -0.124. The Morgan fingerprint density at radius 3 is 2.95 bits per heavy atom. The number of carbonyl (C=O) groups is 1. The second kappa shape index (κ2) is 5.97. The molecule has 0 spiro atoms. The van der Waals surface area contributed by atoms with E-state index < -0.39 is 0 Å². The Morgan fingerprint density at radius 1 is 1.47 bits per heavy atom. The minimum atomic E-state index is -0.0394. The summed E-state index contributed by atoms with van der Waals surface area (Å²) in [5.74, 6) is 0.0162. The Labute approximate surface area is 117 Å². The molecule has 4 heteroatoms. The number of nitrogens with one attached hydrogen (secondary N) is 1. The van der Waals surface area contributed by atoms with Crippen LogP contribution >= 0.6 is 11.5 Å². The summed E-state index contributed by atoms with van der Waals surface area (Å²) in [6, 6.07) is 8.07. The molecule has 1 aromatic heterocycles. The second-order valence-electron chi connectivity index (χ2n) is 4.91. The van der Waals surface area contributed by atoms with E-state index in [1.807, 2.05) is 38.1 Å². The molecule has 1 atom stereocenters. The molecule has 3 nitrogen and oxygen atoms in total.